The number of nitrogens with one attached hydrogen (secondary N) is 1. The molecule has 3 aromatic heterocycles. The molecular formula is C17H21N5O. The molecule has 3 heterocycles. The predicted octanol–water partition coefficient (Wildman–Crippen LogP) is 2.41. The number of nitrogens with zero attached hydrogens (tertiary/aromatic N) is 4. The molecule has 0 aliphatic rings. The largest absolute Gasteiger partial charge is 0.354 e. The fourth-order valence-corrected chi connectivity index (χ4v) is 2.55. The zero-order valence-electron chi connectivity index (χ0n) is 13.1. The highest BCUT2D eigenvalue weighted by Gasteiger charge is 2.06. The summed E-state index contributed by atoms with van der Waals surface area (Å²) in [5, 5.41) is 11.1. The van der Waals surface area contributed by atoms with Gasteiger partial charge in [-0.1, -0.05) is 12.5 Å². The number of hydrogen-bond donors (Lipinski definition) is 1. The standard InChI is InChI=1S/C17H21N5O/c23-17(9-2-1-4-10-21-11-6-7-12-21)18-14-16-20-19-15-8-3-5-13-22(15)16/h3,5-8,11-13H,1-2,4,9-10,14H2,(H,18,23). The van der Waals surface area contributed by atoms with E-state index >= 15 is 0 Å². The van der Waals surface area contributed by atoms with Crippen LogP contribution in [0.4, 0.5) is 0 Å². The van der Waals surface area contributed by atoms with Gasteiger partial charge in [-0.3, -0.25) is 9.20 Å². The number of aryl methyl sites for hydroxylation is 1. The molecule has 0 aliphatic heterocycles. The third-order valence-corrected chi connectivity index (χ3v) is 3.81. The first-order chi connectivity index (χ1) is 11.3. The Morgan fingerprint density at radius 2 is 1.83 bits per heavy atom. The Bertz CT molecular complexity index is 747. The molecule has 3 aromatic rings. The molecule has 23 heavy (non-hydrogen) atoms. The minimum atomic E-state index is 0.0682. The molecule has 0 radical (unpaired) electrons. The highest BCUT2D eigenvalue weighted by atomic mass is 16.1. The van der Waals surface area contributed by atoms with Crippen LogP contribution in [-0.4, -0.2) is 25.1 Å². The summed E-state index contributed by atoms with van der Waals surface area (Å²) in [6, 6.07) is 9.79. The lowest BCUT2D eigenvalue weighted by molar-refractivity contribution is -0.121. The van der Waals surface area contributed by atoms with E-state index in [4.69, 9.17) is 0 Å². The number of amides is 1. The third kappa shape index (κ3) is 4.18. The Balaban J connectivity index is 1.35. The molecule has 0 unspecified atom stereocenters. The number of pyridine rings is 1. The van der Waals surface area contributed by atoms with Gasteiger partial charge in [0.25, 0.3) is 0 Å². The van der Waals surface area contributed by atoms with Crippen molar-refractivity contribution >= 4 is 11.6 Å². The van der Waals surface area contributed by atoms with E-state index in [1.165, 1.54) is 0 Å². The van der Waals surface area contributed by atoms with Crippen molar-refractivity contribution < 1.29 is 4.79 Å². The monoisotopic (exact) mass is 311 g/mol. The summed E-state index contributed by atoms with van der Waals surface area (Å²) in [5.74, 6) is 0.820. The summed E-state index contributed by atoms with van der Waals surface area (Å²) in [6.07, 6.45) is 9.65. The van der Waals surface area contributed by atoms with Gasteiger partial charge < -0.3 is 9.88 Å². The summed E-state index contributed by atoms with van der Waals surface area (Å²) >= 11 is 0. The van der Waals surface area contributed by atoms with Crippen molar-refractivity contribution in [1.82, 2.24) is 24.5 Å². The molecule has 0 spiro atoms. The van der Waals surface area contributed by atoms with E-state index in [0.717, 1.165) is 37.3 Å². The van der Waals surface area contributed by atoms with Crippen molar-refractivity contribution in [2.45, 2.75) is 38.8 Å². The fraction of sp³-hybridized carbons (Fsp3) is 0.353. The summed E-state index contributed by atoms with van der Waals surface area (Å²) in [7, 11) is 0. The third-order valence-electron chi connectivity index (χ3n) is 3.81. The lowest BCUT2D eigenvalue weighted by Crippen LogP contribution is -2.23. The molecule has 0 saturated carbocycles. The van der Waals surface area contributed by atoms with Gasteiger partial charge in [0.05, 0.1) is 6.54 Å². The molecule has 6 heteroatoms. The van der Waals surface area contributed by atoms with E-state index in [2.05, 4.69) is 32.5 Å². The topological polar surface area (TPSA) is 64.2 Å². The van der Waals surface area contributed by atoms with Gasteiger partial charge in [-0.15, -0.1) is 10.2 Å². The Labute approximate surface area is 135 Å². The maximum Gasteiger partial charge on any atom is 0.220 e. The zero-order chi connectivity index (χ0) is 15.9. The Morgan fingerprint density at radius 1 is 1.00 bits per heavy atom. The Kier molecular flexibility index (Phi) is 5.03. The maximum atomic E-state index is 11.9. The fourth-order valence-electron chi connectivity index (χ4n) is 2.55. The number of aromatic nitrogens is 4. The van der Waals surface area contributed by atoms with Crippen LogP contribution in [0.2, 0.25) is 0 Å². The van der Waals surface area contributed by atoms with Crippen LogP contribution in [0.15, 0.2) is 48.9 Å². The normalized spacial score (nSPS) is 11.0. The second kappa shape index (κ2) is 7.58. The Hall–Kier alpha value is -2.63. The highest BCUT2D eigenvalue weighted by Crippen LogP contribution is 2.05. The first-order valence-electron chi connectivity index (χ1n) is 7.99. The minimum Gasteiger partial charge on any atom is -0.354 e. The molecule has 0 atom stereocenters. The van der Waals surface area contributed by atoms with Gasteiger partial charge in [0.2, 0.25) is 5.91 Å². The van der Waals surface area contributed by atoms with E-state index in [0.29, 0.717) is 13.0 Å². The van der Waals surface area contributed by atoms with Crippen LogP contribution in [0.5, 0.6) is 0 Å². The van der Waals surface area contributed by atoms with Crippen molar-refractivity contribution in [3.05, 3.63) is 54.7 Å². The van der Waals surface area contributed by atoms with Gasteiger partial charge in [0.15, 0.2) is 11.5 Å². The van der Waals surface area contributed by atoms with Crippen LogP contribution in [0, 0.1) is 0 Å². The number of carbonyl (C=O) groups excluding carboxylic acids is 1. The van der Waals surface area contributed by atoms with Crippen molar-refractivity contribution in [1.29, 1.82) is 0 Å². The van der Waals surface area contributed by atoms with E-state index < -0.39 is 0 Å². The van der Waals surface area contributed by atoms with Crippen LogP contribution in [0.1, 0.15) is 31.5 Å². The highest BCUT2D eigenvalue weighted by molar-refractivity contribution is 5.75. The summed E-state index contributed by atoms with van der Waals surface area (Å²) in [6.45, 7) is 1.42. The molecule has 0 saturated heterocycles. The first kappa shape index (κ1) is 15.3. The number of rotatable bonds is 8. The van der Waals surface area contributed by atoms with E-state index in [1.54, 1.807) is 0 Å². The van der Waals surface area contributed by atoms with Crippen LogP contribution in [0.25, 0.3) is 5.65 Å². The van der Waals surface area contributed by atoms with E-state index in [-0.39, 0.29) is 5.91 Å². The lowest BCUT2D eigenvalue weighted by Gasteiger charge is -2.05. The molecule has 3 rings (SSSR count). The quantitative estimate of drug-likeness (QED) is 0.650. The van der Waals surface area contributed by atoms with Gasteiger partial charge in [-0.25, -0.2) is 0 Å². The average molecular weight is 311 g/mol. The van der Waals surface area contributed by atoms with Gasteiger partial charge in [0.1, 0.15) is 0 Å². The van der Waals surface area contributed by atoms with Gasteiger partial charge >= 0.3 is 0 Å². The second-order valence-electron chi connectivity index (χ2n) is 5.55. The molecule has 0 aromatic carbocycles. The van der Waals surface area contributed by atoms with E-state index in [9.17, 15) is 4.79 Å². The molecule has 1 N–H and O–H groups in total. The summed E-state index contributed by atoms with van der Waals surface area (Å²) in [5.41, 5.74) is 0.793. The second-order valence-corrected chi connectivity index (χ2v) is 5.55. The number of carbonyl (C=O) groups is 1. The van der Waals surface area contributed by atoms with Crippen molar-refractivity contribution in [2.75, 3.05) is 0 Å². The molecule has 0 fully saturated rings. The molecular weight excluding hydrogens is 290 g/mol. The van der Waals surface area contributed by atoms with E-state index in [1.807, 2.05) is 40.9 Å². The molecule has 1 amide bonds. The number of hydrogen-bond acceptors (Lipinski definition) is 3. The number of unbranched alkanes of at least 4 members (excludes halogenated alkanes) is 2. The van der Waals surface area contributed by atoms with Crippen LogP contribution < -0.4 is 5.32 Å². The predicted molar refractivity (Wildman–Crippen MR) is 87.7 cm³/mol. The smallest absolute Gasteiger partial charge is 0.220 e. The number of fused-ring (bicyclic) bond motifs is 1. The summed E-state index contributed by atoms with van der Waals surface area (Å²) in [4.78, 5) is 11.9. The molecule has 0 bridgehead atoms. The Morgan fingerprint density at radius 3 is 2.70 bits per heavy atom. The van der Waals surface area contributed by atoms with Crippen molar-refractivity contribution in [3.8, 4) is 0 Å². The zero-order valence-corrected chi connectivity index (χ0v) is 13.1. The first-order valence-corrected chi connectivity index (χ1v) is 7.99. The van der Waals surface area contributed by atoms with Gasteiger partial charge in [0, 0.05) is 31.6 Å². The SMILES string of the molecule is O=C(CCCCCn1cccc1)NCc1nnc2ccccn12. The minimum absolute atomic E-state index is 0.0682. The van der Waals surface area contributed by atoms with Crippen molar-refractivity contribution in [2.24, 2.45) is 0 Å². The average Bonchev–Trinajstić information content (AvgIpc) is 3.22. The maximum absolute atomic E-state index is 11.9. The van der Waals surface area contributed by atoms with Crippen molar-refractivity contribution in [3.63, 3.8) is 0 Å². The van der Waals surface area contributed by atoms with Crippen LogP contribution in [0.3, 0.4) is 0 Å². The molecule has 6 nitrogen and oxygen atoms in total. The summed E-state index contributed by atoms with van der Waals surface area (Å²) < 4.78 is 4.05. The van der Waals surface area contributed by atoms with Crippen LogP contribution in [-0.2, 0) is 17.9 Å². The van der Waals surface area contributed by atoms with Gasteiger partial charge in [-0.05, 0) is 37.1 Å². The molecule has 0 aliphatic carbocycles. The van der Waals surface area contributed by atoms with Gasteiger partial charge in [-0.2, -0.15) is 0 Å². The molecule has 120 valence electrons. The lowest BCUT2D eigenvalue weighted by atomic mass is 10.2. The van der Waals surface area contributed by atoms with Crippen LogP contribution >= 0.6 is 0 Å².